The average molecular weight is 313 g/mol. The molecule has 0 saturated carbocycles. The van der Waals surface area contributed by atoms with Crippen molar-refractivity contribution in [2.24, 2.45) is 0 Å². The van der Waals surface area contributed by atoms with Gasteiger partial charge < -0.3 is 0 Å². The zero-order chi connectivity index (χ0) is 15.6. The summed E-state index contributed by atoms with van der Waals surface area (Å²) in [6.07, 6.45) is 2.96. The number of nitro groups is 1. The van der Waals surface area contributed by atoms with Gasteiger partial charge in [-0.3, -0.25) is 10.1 Å². The number of nitrogens with one attached hydrogen (secondary N) is 1. The normalized spacial score (nSPS) is 23.9. The van der Waals surface area contributed by atoms with Crippen molar-refractivity contribution in [2.45, 2.75) is 50.1 Å². The fourth-order valence-corrected chi connectivity index (χ4v) is 3.78. The molecule has 8 heteroatoms. The van der Waals surface area contributed by atoms with Crippen molar-refractivity contribution < 1.29 is 13.3 Å². The number of sulfonamides is 1. The summed E-state index contributed by atoms with van der Waals surface area (Å²) in [5.74, 6) is 0. The number of piperidine rings is 1. The van der Waals surface area contributed by atoms with Crippen molar-refractivity contribution in [1.82, 2.24) is 9.84 Å². The predicted molar refractivity (Wildman–Crippen MR) is 78.0 cm³/mol. The van der Waals surface area contributed by atoms with Crippen LogP contribution in [0.4, 0.5) is 5.69 Å². The third kappa shape index (κ3) is 3.58. The second-order valence-electron chi connectivity index (χ2n) is 5.38. The first-order valence-electron chi connectivity index (χ1n) is 6.86. The smallest absolute Gasteiger partial charge is 0.258 e. The zero-order valence-electron chi connectivity index (χ0n) is 12.0. The third-order valence-corrected chi connectivity index (χ3v) is 5.12. The van der Waals surface area contributed by atoms with Gasteiger partial charge in [-0.1, -0.05) is 6.42 Å². The molecule has 1 fully saturated rings. The molecule has 1 saturated heterocycles. The first-order valence-corrected chi connectivity index (χ1v) is 8.35. The fourth-order valence-electron chi connectivity index (χ4n) is 2.54. The number of hydrogen-bond acceptors (Lipinski definition) is 5. The van der Waals surface area contributed by atoms with Crippen LogP contribution in [0.3, 0.4) is 0 Å². The lowest BCUT2D eigenvalue weighted by Gasteiger charge is -2.38. The lowest BCUT2D eigenvalue weighted by molar-refractivity contribution is -0.384. The van der Waals surface area contributed by atoms with Gasteiger partial charge in [-0.25, -0.2) is 13.4 Å². The van der Waals surface area contributed by atoms with Gasteiger partial charge in [-0.2, -0.15) is 0 Å². The lowest BCUT2D eigenvalue weighted by Crippen LogP contribution is -2.53. The molecule has 1 aromatic carbocycles. The number of hydrogen-bond donors (Lipinski definition) is 1. The van der Waals surface area contributed by atoms with Gasteiger partial charge >= 0.3 is 0 Å². The minimum Gasteiger partial charge on any atom is -0.258 e. The standard InChI is InChI=1S/C13H19N3O4S/c1-10-4-3-5-11(2)15(10)14-21(19,20)13-8-6-12(7-9-13)16(17)18/h6-11,14H,3-5H2,1-2H3/t10-,11-/m1/s1. The maximum atomic E-state index is 12.4. The monoisotopic (exact) mass is 313 g/mol. The van der Waals surface area contributed by atoms with E-state index in [0.717, 1.165) is 19.3 Å². The topological polar surface area (TPSA) is 92.6 Å². The SMILES string of the molecule is C[C@@H]1CCC[C@@H](C)N1NS(=O)(=O)c1ccc([N+](=O)[O-])cc1. The summed E-state index contributed by atoms with van der Waals surface area (Å²) in [7, 11) is -3.71. The molecule has 0 radical (unpaired) electrons. The zero-order valence-corrected chi connectivity index (χ0v) is 12.8. The fraction of sp³-hybridized carbons (Fsp3) is 0.538. The summed E-state index contributed by atoms with van der Waals surface area (Å²) in [6, 6.07) is 5.14. The molecular weight excluding hydrogens is 294 g/mol. The van der Waals surface area contributed by atoms with Gasteiger partial charge in [0.05, 0.1) is 9.82 Å². The highest BCUT2D eigenvalue weighted by Crippen LogP contribution is 2.22. The van der Waals surface area contributed by atoms with Gasteiger partial charge in [0, 0.05) is 24.2 Å². The third-order valence-electron chi connectivity index (χ3n) is 3.78. The Morgan fingerprint density at radius 1 is 1.19 bits per heavy atom. The van der Waals surface area contributed by atoms with E-state index >= 15 is 0 Å². The molecule has 7 nitrogen and oxygen atoms in total. The van der Waals surface area contributed by atoms with E-state index in [9.17, 15) is 18.5 Å². The van der Waals surface area contributed by atoms with E-state index in [0.29, 0.717) is 0 Å². The van der Waals surface area contributed by atoms with E-state index < -0.39 is 14.9 Å². The molecule has 2 rings (SSSR count). The summed E-state index contributed by atoms with van der Waals surface area (Å²) in [5.41, 5.74) is -0.131. The maximum Gasteiger partial charge on any atom is 0.269 e. The molecular formula is C13H19N3O4S. The van der Waals surface area contributed by atoms with Gasteiger partial charge in [-0.05, 0) is 38.8 Å². The molecule has 0 unspecified atom stereocenters. The number of non-ortho nitro benzene ring substituents is 1. The van der Waals surface area contributed by atoms with Gasteiger partial charge in [0.2, 0.25) is 0 Å². The van der Waals surface area contributed by atoms with E-state index in [2.05, 4.69) is 4.83 Å². The van der Waals surface area contributed by atoms with Crippen LogP contribution in [0.15, 0.2) is 29.2 Å². The van der Waals surface area contributed by atoms with Crippen LogP contribution in [-0.4, -0.2) is 30.4 Å². The molecule has 0 aliphatic carbocycles. The number of hydrazine groups is 1. The van der Waals surface area contributed by atoms with Gasteiger partial charge in [0.1, 0.15) is 0 Å². The molecule has 2 atom stereocenters. The highest BCUT2D eigenvalue weighted by molar-refractivity contribution is 7.89. The van der Waals surface area contributed by atoms with Gasteiger partial charge in [-0.15, -0.1) is 4.83 Å². The van der Waals surface area contributed by atoms with Crippen molar-refractivity contribution in [1.29, 1.82) is 0 Å². The van der Waals surface area contributed by atoms with E-state index in [1.165, 1.54) is 24.3 Å². The Kier molecular flexibility index (Phi) is 4.60. The molecule has 1 N–H and O–H groups in total. The Bertz CT molecular complexity index is 605. The number of nitro benzene ring substituents is 1. The Hall–Kier alpha value is -1.51. The van der Waals surface area contributed by atoms with Crippen molar-refractivity contribution in [2.75, 3.05) is 0 Å². The lowest BCUT2D eigenvalue weighted by atomic mass is 10.0. The van der Waals surface area contributed by atoms with Crippen LogP contribution in [0.1, 0.15) is 33.1 Å². The van der Waals surface area contributed by atoms with Crippen molar-refractivity contribution in [3.8, 4) is 0 Å². The molecule has 0 amide bonds. The summed E-state index contributed by atoms with van der Waals surface area (Å²) in [4.78, 5) is 12.7. The van der Waals surface area contributed by atoms with Crippen molar-refractivity contribution >= 4 is 15.7 Å². The second-order valence-corrected chi connectivity index (χ2v) is 7.04. The van der Waals surface area contributed by atoms with E-state index in [-0.39, 0.29) is 22.7 Å². The summed E-state index contributed by atoms with van der Waals surface area (Å²) in [5, 5.41) is 12.3. The quantitative estimate of drug-likeness (QED) is 0.678. The highest BCUT2D eigenvalue weighted by Gasteiger charge is 2.29. The Morgan fingerprint density at radius 3 is 2.19 bits per heavy atom. The van der Waals surface area contributed by atoms with Crippen LogP contribution >= 0.6 is 0 Å². The Balaban J connectivity index is 2.19. The van der Waals surface area contributed by atoms with E-state index in [1.54, 1.807) is 5.01 Å². The molecule has 0 aromatic heterocycles. The van der Waals surface area contributed by atoms with Gasteiger partial charge in [0.25, 0.3) is 15.7 Å². The predicted octanol–water partition coefficient (Wildman–Crippen LogP) is 2.05. The first kappa shape index (κ1) is 15.9. The summed E-state index contributed by atoms with van der Waals surface area (Å²) >= 11 is 0. The molecule has 1 aromatic rings. The van der Waals surface area contributed by atoms with Crippen LogP contribution in [-0.2, 0) is 10.0 Å². The molecule has 21 heavy (non-hydrogen) atoms. The number of benzene rings is 1. The summed E-state index contributed by atoms with van der Waals surface area (Å²) < 4.78 is 24.7. The molecule has 1 heterocycles. The maximum absolute atomic E-state index is 12.4. The van der Waals surface area contributed by atoms with E-state index in [1.807, 2.05) is 13.8 Å². The second kappa shape index (κ2) is 6.08. The highest BCUT2D eigenvalue weighted by atomic mass is 32.2. The Morgan fingerprint density at radius 2 is 1.71 bits per heavy atom. The van der Waals surface area contributed by atoms with Crippen molar-refractivity contribution in [3.63, 3.8) is 0 Å². The molecule has 1 aliphatic heterocycles. The van der Waals surface area contributed by atoms with Crippen LogP contribution < -0.4 is 4.83 Å². The Labute approximate surface area is 124 Å². The number of nitrogens with zero attached hydrogens (tertiary/aromatic N) is 2. The molecule has 0 bridgehead atoms. The van der Waals surface area contributed by atoms with Crippen LogP contribution in [0.5, 0.6) is 0 Å². The van der Waals surface area contributed by atoms with Gasteiger partial charge in [0.15, 0.2) is 0 Å². The van der Waals surface area contributed by atoms with Crippen LogP contribution in [0, 0.1) is 10.1 Å². The molecule has 116 valence electrons. The molecule has 0 spiro atoms. The van der Waals surface area contributed by atoms with Crippen LogP contribution in [0.2, 0.25) is 0 Å². The molecule has 1 aliphatic rings. The minimum absolute atomic E-state index is 0.0260. The minimum atomic E-state index is -3.71. The van der Waals surface area contributed by atoms with E-state index in [4.69, 9.17) is 0 Å². The number of rotatable bonds is 4. The summed E-state index contributed by atoms with van der Waals surface area (Å²) in [6.45, 7) is 3.96. The van der Waals surface area contributed by atoms with Crippen molar-refractivity contribution in [3.05, 3.63) is 34.4 Å². The average Bonchev–Trinajstić information content (AvgIpc) is 2.43. The largest absolute Gasteiger partial charge is 0.269 e. The first-order chi connectivity index (χ1) is 9.81. The van der Waals surface area contributed by atoms with Crippen LogP contribution in [0.25, 0.3) is 0 Å².